The molecule has 0 bridgehead atoms. The smallest absolute Gasteiger partial charge is 0.303 e. The van der Waals surface area contributed by atoms with Crippen molar-refractivity contribution >= 4 is 5.97 Å². The highest BCUT2D eigenvalue weighted by Gasteiger charge is 2.60. The standard InChI is InChI=1S/C25H42O2/c1-16-11-13-24(3)18(15-16)6-7-19-21-9-8-20(17(2)5-10-23(26)27)25(21,4)14-12-22(19)24/h16-22H,5-15H2,1-4H3,(H,26,27)/t16-,17?,18-,19?,20-,21?,22?,24+,25-/m1/s1. The van der Waals surface area contributed by atoms with Crippen molar-refractivity contribution in [2.45, 2.75) is 98.3 Å². The van der Waals surface area contributed by atoms with E-state index in [4.69, 9.17) is 5.11 Å². The molecule has 0 aromatic carbocycles. The maximum absolute atomic E-state index is 11.1. The normalized spacial score (nSPS) is 50.4. The summed E-state index contributed by atoms with van der Waals surface area (Å²) in [4.78, 5) is 11.1. The van der Waals surface area contributed by atoms with E-state index in [0.29, 0.717) is 23.2 Å². The number of aliphatic carboxylic acids is 1. The van der Waals surface area contributed by atoms with Crippen LogP contribution in [0.25, 0.3) is 0 Å². The first-order chi connectivity index (χ1) is 12.8. The van der Waals surface area contributed by atoms with Crippen molar-refractivity contribution in [3.63, 3.8) is 0 Å². The van der Waals surface area contributed by atoms with Crippen LogP contribution < -0.4 is 0 Å². The Labute approximate surface area is 166 Å². The van der Waals surface area contributed by atoms with E-state index in [9.17, 15) is 4.79 Å². The molecule has 0 aromatic heterocycles. The summed E-state index contributed by atoms with van der Waals surface area (Å²) in [6, 6.07) is 0. The Morgan fingerprint density at radius 3 is 2.44 bits per heavy atom. The monoisotopic (exact) mass is 374 g/mol. The van der Waals surface area contributed by atoms with Crippen molar-refractivity contribution in [2.75, 3.05) is 0 Å². The summed E-state index contributed by atoms with van der Waals surface area (Å²) in [5.74, 6) is 5.45. The Bertz CT molecular complexity index is 571. The molecule has 0 spiro atoms. The molecule has 27 heavy (non-hydrogen) atoms. The second-order valence-corrected chi connectivity index (χ2v) is 11.7. The minimum absolute atomic E-state index is 0.350. The van der Waals surface area contributed by atoms with Gasteiger partial charge in [-0.25, -0.2) is 0 Å². The Morgan fingerprint density at radius 2 is 1.70 bits per heavy atom. The molecule has 9 atom stereocenters. The number of carboxylic acids is 1. The van der Waals surface area contributed by atoms with Crippen LogP contribution in [-0.4, -0.2) is 11.1 Å². The summed E-state index contributed by atoms with van der Waals surface area (Å²) in [6.45, 7) is 10.1. The molecule has 2 nitrogen and oxygen atoms in total. The lowest BCUT2D eigenvalue weighted by molar-refractivity contribution is -0.137. The van der Waals surface area contributed by atoms with Crippen molar-refractivity contribution in [3.8, 4) is 0 Å². The second kappa shape index (κ2) is 7.06. The molecule has 1 N–H and O–H groups in total. The Kier molecular flexibility index (Phi) is 5.17. The van der Waals surface area contributed by atoms with Gasteiger partial charge in [0.1, 0.15) is 0 Å². The molecule has 0 radical (unpaired) electrons. The summed E-state index contributed by atoms with van der Waals surface area (Å²) >= 11 is 0. The van der Waals surface area contributed by atoms with Crippen LogP contribution in [0.4, 0.5) is 0 Å². The molecule has 4 rings (SSSR count). The minimum Gasteiger partial charge on any atom is -0.481 e. The topological polar surface area (TPSA) is 37.3 Å². The van der Waals surface area contributed by atoms with Gasteiger partial charge in [0.25, 0.3) is 0 Å². The van der Waals surface area contributed by atoms with E-state index in [1.807, 2.05) is 0 Å². The highest BCUT2D eigenvalue weighted by Crippen LogP contribution is 2.68. The molecule has 4 aliphatic carbocycles. The fourth-order valence-electron chi connectivity index (χ4n) is 9.00. The highest BCUT2D eigenvalue weighted by atomic mass is 16.4. The van der Waals surface area contributed by atoms with E-state index in [2.05, 4.69) is 27.7 Å². The lowest BCUT2D eigenvalue weighted by atomic mass is 9.44. The molecule has 4 fully saturated rings. The van der Waals surface area contributed by atoms with Crippen molar-refractivity contribution in [2.24, 2.45) is 52.3 Å². The average Bonchev–Trinajstić information content (AvgIpc) is 2.97. The first-order valence-electron chi connectivity index (χ1n) is 12.0. The minimum atomic E-state index is -0.622. The van der Waals surface area contributed by atoms with Gasteiger partial charge in [0.15, 0.2) is 0 Å². The van der Waals surface area contributed by atoms with Crippen LogP contribution in [0.1, 0.15) is 98.3 Å². The number of fused-ring (bicyclic) bond motifs is 5. The maximum atomic E-state index is 11.1. The van der Waals surface area contributed by atoms with Crippen molar-refractivity contribution in [1.82, 2.24) is 0 Å². The molecule has 4 aliphatic rings. The highest BCUT2D eigenvalue weighted by molar-refractivity contribution is 5.66. The lowest BCUT2D eigenvalue weighted by Gasteiger charge is -2.61. The molecule has 2 heteroatoms. The van der Waals surface area contributed by atoms with Crippen LogP contribution in [0.2, 0.25) is 0 Å². The second-order valence-electron chi connectivity index (χ2n) is 11.7. The van der Waals surface area contributed by atoms with Gasteiger partial charge in [-0.3, -0.25) is 4.79 Å². The summed E-state index contributed by atoms with van der Waals surface area (Å²) in [6.07, 6.45) is 14.2. The number of hydrogen-bond acceptors (Lipinski definition) is 1. The fraction of sp³-hybridized carbons (Fsp3) is 0.960. The van der Waals surface area contributed by atoms with Crippen molar-refractivity contribution in [3.05, 3.63) is 0 Å². The van der Waals surface area contributed by atoms with E-state index in [1.54, 1.807) is 0 Å². The van der Waals surface area contributed by atoms with Crippen LogP contribution in [0, 0.1) is 52.3 Å². The zero-order chi connectivity index (χ0) is 19.4. The quantitative estimate of drug-likeness (QED) is 0.588. The van der Waals surface area contributed by atoms with Gasteiger partial charge < -0.3 is 5.11 Å². The van der Waals surface area contributed by atoms with Crippen LogP contribution >= 0.6 is 0 Å². The third kappa shape index (κ3) is 3.18. The molecule has 0 saturated heterocycles. The predicted molar refractivity (Wildman–Crippen MR) is 110 cm³/mol. The van der Waals surface area contributed by atoms with Crippen LogP contribution in [0.5, 0.6) is 0 Å². The zero-order valence-electron chi connectivity index (χ0n) is 18.2. The molecule has 154 valence electrons. The molecule has 0 amide bonds. The summed E-state index contributed by atoms with van der Waals surface area (Å²) in [5, 5.41) is 9.11. The van der Waals surface area contributed by atoms with Crippen molar-refractivity contribution in [1.29, 1.82) is 0 Å². The molecule has 0 aliphatic heterocycles. The van der Waals surface area contributed by atoms with E-state index in [-0.39, 0.29) is 0 Å². The number of carboxylic acid groups (broad SMARTS) is 1. The van der Waals surface area contributed by atoms with Gasteiger partial charge in [-0.1, -0.05) is 34.1 Å². The molecule has 0 heterocycles. The van der Waals surface area contributed by atoms with Crippen molar-refractivity contribution < 1.29 is 9.90 Å². The van der Waals surface area contributed by atoms with Gasteiger partial charge in [-0.15, -0.1) is 0 Å². The van der Waals surface area contributed by atoms with Crippen LogP contribution in [0.15, 0.2) is 0 Å². The van der Waals surface area contributed by atoms with Gasteiger partial charge in [-0.05, 0) is 110 Å². The van der Waals surface area contributed by atoms with E-state index < -0.39 is 5.97 Å². The summed E-state index contributed by atoms with van der Waals surface area (Å²) in [7, 11) is 0. The van der Waals surface area contributed by atoms with E-state index in [0.717, 1.165) is 41.9 Å². The summed E-state index contributed by atoms with van der Waals surface area (Å²) < 4.78 is 0. The lowest BCUT2D eigenvalue weighted by Crippen LogP contribution is -2.53. The first-order valence-corrected chi connectivity index (χ1v) is 12.0. The SMILES string of the molecule is CC(CCC(=O)O)[C@H]1CCC2C3CC[C@@H]4C[C@H](C)CC[C@]4(C)C3CC[C@@]21C. The number of carbonyl (C=O) groups is 1. The fourth-order valence-corrected chi connectivity index (χ4v) is 9.00. The van der Waals surface area contributed by atoms with Crippen LogP contribution in [-0.2, 0) is 4.79 Å². The Balaban J connectivity index is 1.51. The summed E-state index contributed by atoms with van der Waals surface area (Å²) in [5.41, 5.74) is 1.09. The number of rotatable bonds is 4. The van der Waals surface area contributed by atoms with Crippen LogP contribution in [0.3, 0.4) is 0 Å². The molecular weight excluding hydrogens is 332 g/mol. The zero-order valence-corrected chi connectivity index (χ0v) is 18.2. The molecule has 4 saturated carbocycles. The third-order valence-electron chi connectivity index (χ3n) is 10.5. The van der Waals surface area contributed by atoms with Gasteiger partial charge in [0.05, 0.1) is 0 Å². The molecule has 0 aromatic rings. The average molecular weight is 375 g/mol. The maximum Gasteiger partial charge on any atom is 0.303 e. The molecule has 4 unspecified atom stereocenters. The van der Waals surface area contributed by atoms with Gasteiger partial charge in [0, 0.05) is 6.42 Å². The van der Waals surface area contributed by atoms with E-state index >= 15 is 0 Å². The third-order valence-corrected chi connectivity index (χ3v) is 10.5. The number of hydrogen-bond donors (Lipinski definition) is 1. The molecular formula is C25H42O2. The Hall–Kier alpha value is -0.530. The van der Waals surface area contributed by atoms with Gasteiger partial charge >= 0.3 is 5.97 Å². The van der Waals surface area contributed by atoms with E-state index in [1.165, 1.54) is 57.8 Å². The first kappa shape index (κ1) is 19.8. The van der Waals surface area contributed by atoms with Gasteiger partial charge in [0.2, 0.25) is 0 Å². The largest absolute Gasteiger partial charge is 0.481 e. The predicted octanol–water partition coefficient (Wildman–Crippen LogP) is 6.78. The van der Waals surface area contributed by atoms with Gasteiger partial charge in [-0.2, -0.15) is 0 Å². The Morgan fingerprint density at radius 1 is 1.00 bits per heavy atom.